The van der Waals surface area contributed by atoms with E-state index in [0.29, 0.717) is 0 Å². The maximum atomic E-state index is 6.03. The van der Waals surface area contributed by atoms with Crippen molar-refractivity contribution in [1.82, 2.24) is 0 Å². The van der Waals surface area contributed by atoms with Crippen molar-refractivity contribution in [2.45, 2.75) is 13.0 Å². The maximum Gasteiger partial charge on any atom is 0.143 e. The Morgan fingerprint density at radius 1 is 1.17 bits per heavy atom. The van der Waals surface area contributed by atoms with Crippen LogP contribution in [0.25, 0.3) is 0 Å². The van der Waals surface area contributed by atoms with Crippen LogP contribution in [-0.4, -0.2) is 6.54 Å². The van der Waals surface area contributed by atoms with Crippen LogP contribution in [0.5, 0.6) is 5.75 Å². The number of fused-ring (bicyclic) bond motifs is 1. The van der Waals surface area contributed by atoms with Gasteiger partial charge in [-0.05, 0) is 36.2 Å². The zero-order chi connectivity index (χ0) is 12.5. The largest absolute Gasteiger partial charge is 0.482 e. The number of para-hydroxylation sites is 1. The van der Waals surface area contributed by atoms with Crippen molar-refractivity contribution in [3.05, 3.63) is 58.6 Å². The molecular weight excluding hydrogens is 246 g/mol. The Balaban J connectivity index is 1.89. The summed E-state index contributed by atoms with van der Waals surface area (Å²) in [6, 6.07) is 13.9. The maximum absolute atomic E-state index is 6.03. The molecule has 2 aromatic carbocycles. The van der Waals surface area contributed by atoms with Crippen molar-refractivity contribution >= 4 is 17.3 Å². The minimum absolute atomic E-state index is 0.0385. The average Bonchev–Trinajstić information content (AvgIpc) is 2.39. The smallest absolute Gasteiger partial charge is 0.143 e. The normalized spacial score (nSPS) is 17.6. The summed E-state index contributed by atoms with van der Waals surface area (Å²) in [7, 11) is 0. The van der Waals surface area contributed by atoms with Crippen molar-refractivity contribution in [3.63, 3.8) is 0 Å². The first-order valence-corrected chi connectivity index (χ1v) is 6.37. The third-order valence-electron chi connectivity index (χ3n) is 3.21. The topological polar surface area (TPSA) is 21.3 Å². The van der Waals surface area contributed by atoms with Gasteiger partial charge in [0.1, 0.15) is 11.9 Å². The second-order valence-corrected chi connectivity index (χ2v) is 4.92. The summed E-state index contributed by atoms with van der Waals surface area (Å²) in [5.74, 6) is 0.918. The molecule has 0 fully saturated rings. The van der Waals surface area contributed by atoms with E-state index >= 15 is 0 Å². The third-order valence-corrected chi connectivity index (χ3v) is 3.46. The molecule has 1 aliphatic heterocycles. The van der Waals surface area contributed by atoms with Gasteiger partial charge in [-0.25, -0.2) is 0 Å². The number of anilines is 1. The Bertz CT molecular complexity index is 565. The standard InChI is InChI=1S/C15H14ClNO/c1-10-3-2-4-13-15(10)17-9-14(18-13)11-5-7-12(16)8-6-11/h2-8,14,17H,9H2,1H3. The van der Waals surface area contributed by atoms with Gasteiger partial charge in [0.15, 0.2) is 0 Å². The molecule has 1 heterocycles. The lowest BCUT2D eigenvalue weighted by Crippen LogP contribution is -2.24. The van der Waals surface area contributed by atoms with E-state index in [1.165, 1.54) is 5.56 Å². The first-order chi connectivity index (χ1) is 8.74. The van der Waals surface area contributed by atoms with Gasteiger partial charge in [0.25, 0.3) is 0 Å². The van der Waals surface area contributed by atoms with Gasteiger partial charge in [0.2, 0.25) is 0 Å². The summed E-state index contributed by atoms with van der Waals surface area (Å²) in [4.78, 5) is 0. The quantitative estimate of drug-likeness (QED) is 0.829. The number of hydrogen-bond acceptors (Lipinski definition) is 2. The molecule has 0 amide bonds. The van der Waals surface area contributed by atoms with Gasteiger partial charge < -0.3 is 10.1 Å². The second-order valence-electron chi connectivity index (χ2n) is 4.49. The SMILES string of the molecule is Cc1cccc2c1NCC(c1ccc(Cl)cc1)O2. The van der Waals surface area contributed by atoms with Crippen molar-refractivity contribution in [2.75, 3.05) is 11.9 Å². The summed E-state index contributed by atoms with van der Waals surface area (Å²) in [5.41, 5.74) is 3.45. The van der Waals surface area contributed by atoms with Gasteiger partial charge in [0, 0.05) is 5.02 Å². The lowest BCUT2D eigenvalue weighted by atomic mass is 10.1. The van der Waals surface area contributed by atoms with Gasteiger partial charge in [-0.15, -0.1) is 0 Å². The van der Waals surface area contributed by atoms with Crippen LogP contribution < -0.4 is 10.1 Å². The minimum atomic E-state index is 0.0385. The number of halogens is 1. The summed E-state index contributed by atoms with van der Waals surface area (Å²) in [6.45, 7) is 2.86. The first kappa shape index (κ1) is 11.4. The minimum Gasteiger partial charge on any atom is -0.482 e. The summed E-state index contributed by atoms with van der Waals surface area (Å²) in [5, 5.41) is 4.18. The number of nitrogens with one attached hydrogen (secondary N) is 1. The monoisotopic (exact) mass is 259 g/mol. The Hall–Kier alpha value is -1.67. The zero-order valence-corrected chi connectivity index (χ0v) is 10.9. The van der Waals surface area contributed by atoms with Gasteiger partial charge >= 0.3 is 0 Å². The molecule has 2 aromatic rings. The molecule has 2 nitrogen and oxygen atoms in total. The van der Waals surface area contributed by atoms with E-state index in [0.717, 1.165) is 28.6 Å². The van der Waals surface area contributed by atoms with Gasteiger partial charge in [-0.2, -0.15) is 0 Å². The van der Waals surface area contributed by atoms with Crippen LogP contribution >= 0.6 is 11.6 Å². The predicted molar refractivity (Wildman–Crippen MR) is 74.5 cm³/mol. The highest BCUT2D eigenvalue weighted by atomic mass is 35.5. The summed E-state index contributed by atoms with van der Waals surface area (Å²) < 4.78 is 6.03. The molecule has 3 heteroatoms. The van der Waals surface area contributed by atoms with E-state index in [4.69, 9.17) is 16.3 Å². The van der Waals surface area contributed by atoms with Crippen LogP contribution in [0.2, 0.25) is 5.02 Å². The van der Waals surface area contributed by atoms with Crippen molar-refractivity contribution in [3.8, 4) is 5.75 Å². The number of rotatable bonds is 1. The van der Waals surface area contributed by atoms with E-state index in [1.807, 2.05) is 36.4 Å². The van der Waals surface area contributed by atoms with Crippen molar-refractivity contribution in [2.24, 2.45) is 0 Å². The third kappa shape index (κ3) is 2.04. The molecule has 18 heavy (non-hydrogen) atoms. The number of benzene rings is 2. The molecule has 1 N–H and O–H groups in total. The number of aryl methyl sites for hydroxylation is 1. The van der Waals surface area contributed by atoms with Crippen LogP contribution in [0.4, 0.5) is 5.69 Å². The Labute approximate surface area is 112 Å². The van der Waals surface area contributed by atoms with E-state index in [-0.39, 0.29) is 6.10 Å². The van der Waals surface area contributed by atoms with Crippen LogP contribution in [0, 0.1) is 6.92 Å². The Morgan fingerprint density at radius 3 is 2.72 bits per heavy atom. The first-order valence-electron chi connectivity index (χ1n) is 5.99. The average molecular weight is 260 g/mol. The second kappa shape index (κ2) is 4.54. The molecule has 0 saturated heterocycles. The van der Waals surface area contributed by atoms with Gasteiger partial charge in [-0.3, -0.25) is 0 Å². The van der Waals surface area contributed by atoms with Crippen LogP contribution in [-0.2, 0) is 0 Å². The fraction of sp³-hybridized carbons (Fsp3) is 0.200. The van der Waals surface area contributed by atoms with Gasteiger partial charge in [0.05, 0.1) is 12.2 Å². The molecule has 1 atom stereocenters. The fourth-order valence-corrected chi connectivity index (χ4v) is 2.34. The Morgan fingerprint density at radius 2 is 1.94 bits per heavy atom. The van der Waals surface area contributed by atoms with E-state index in [2.05, 4.69) is 18.3 Å². The molecule has 0 bridgehead atoms. The Kier molecular flexibility index (Phi) is 2.88. The lowest BCUT2D eigenvalue weighted by Gasteiger charge is -2.28. The van der Waals surface area contributed by atoms with Crippen LogP contribution in [0.3, 0.4) is 0 Å². The molecule has 0 radical (unpaired) electrons. The highest BCUT2D eigenvalue weighted by molar-refractivity contribution is 6.30. The molecular formula is C15H14ClNO. The van der Waals surface area contributed by atoms with Crippen molar-refractivity contribution in [1.29, 1.82) is 0 Å². The molecule has 0 aliphatic carbocycles. The number of ether oxygens (including phenoxy) is 1. The molecule has 1 aliphatic rings. The number of hydrogen-bond donors (Lipinski definition) is 1. The highest BCUT2D eigenvalue weighted by Gasteiger charge is 2.21. The van der Waals surface area contributed by atoms with E-state index < -0.39 is 0 Å². The molecule has 0 spiro atoms. The van der Waals surface area contributed by atoms with Gasteiger partial charge in [-0.1, -0.05) is 35.9 Å². The van der Waals surface area contributed by atoms with Crippen LogP contribution in [0.1, 0.15) is 17.2 Å². The molecule has 3 rings (SSSR count). The fourth-order valence-electron chi connectivity index (χ4n) is 2.22. The molecule has 1 unspecified atom stereocenters. The predicted octanol–water partition coefficient (Wildman–Crippen LogP) is 4.19. The van der Waals surface area contributed by atoms with Crippen molar-refractivity contribution < 1.29 is 4.74 Å². The van der Waals surface area contributed by atoms with E-state index in [1.54, 1.807) is 0 Å². The summed E-state index contributed by atoms with van der Waals surface area (Å²) >= 11 is 5.90. The molecule has 0 aromatic heterocycles. The van der Waals surface area contributed by atoms with E-state index in [9.17, 15) is 0 Å². The highest BCUT2D eigenvalue weighted by Crippen LogP contribution is 2.36. The lowest BCUT2D eigenvalue weighted by molar-refractivity contribution is 0.210. The molecule has 92 valence electrons. The molecule has 0 saturated carbocycles. The summed E-state index contributed by atoms with van der Waals surface area (Å²) in [6.07, 6.45) is 0.0385. The zero-order valence-electron chi connectivity index (χ0n) is 10.1. The van der Waals surface area contributed by atoms with Crippen LogP contribution in [0.15, 0.2) is 42.5 Å².